The number of nitrogens with two attached hydrogens (primary N) is 1. The van der Waals surface area contributed by atoms with Crippen molar-refractivity contribution in [2.75, 3.05) is 25.1 Å². The van der Waals surface area contributed by atoms with E-state index in [-0.39, 0.29) is 18.1 Å². The van der Waals surface area contributed by atoms with E-state index in [2.05, 4.69) is 21.2 Å². The molecule has 0 fully saturated rings. The van der Waals surface area contributed by atoms with Gasteiger partial charge >= 0.3 is 5.97 Å². The molecule has 0 aliphatic heterocycles. The van der Waals surface area contributed by atoms with Crippen molar-refractivity contribution < 1.29 is 19.4 Å². The summed E-state index contributed by atoms with van der Waals surface area (Å²) in [7, 11) is 0. The molecule has 98 valence electrons. The lowest BCUT2D eigenvalue weighted by molar-refractivity contribution is -0.120. The molecule has 0 spiro atoms. The molecule has 0 aromatic heterocycles. The van der Waals surface area contributed by atoms with Gasteiger partial charge < -0.3 is 20.9 Å². The van der Waals surface area contributed by atoms with Gasteiger partial charge in [-0.25, -0.2) is 4.79 Å². The molecule has 18 heavy (non-hydrogen) atoms. The molecule has 0 saturated carbocycles. The third-order valence-electron chi connectivity index (χ3n) is 1.98. The number of ether oxygens (including phenoxy) is 1. The van der Waals surface area contributed by atoms with Crippen molar-refractivity contribution in [1.29, 1.82) is 0 Å². The van der Waals surface area contributed by atoms with E-state index in [4.69, 9.17) is 15.6 Å². The quantitative estimate of drug-likeness (QED) is 0.681. The van der Waals surface area contributed by atoms with Crippen LogP contribution in [0.3, 0.4) is 0 Å². The maximum atomic E-state index is 11.4. The molecular weight excluding hydrogens is 304 g/mol. The fraction of sp³-hybridized carbons (Fsp3) is 0.273. The van der Waals surface area contributed by atoms with Crippen molar-refractivity contribution >= 4 is 33.5 Å². The summed E-state index contributed by atoms with van der Waals surface area (Å²) in [5.74, 6) is -1.43. The standard InChI is InChI=1S/C11H13BrN2O4/c12-9-2-1-7(5-8(9)11(16)17)14-10(15)6-18-4-3-13/h1-2,5H,3-4,6,13H2,(H,14,15)(H,16,17). The van der Waals surface area contributed by atoms with Crippen molar-refractivity contribution in [2.24, 2.45) is 5.73 Å². The molecular formula is C11H13BrN2O4. The fourth-order valence-electron chi connectivity index (χ4n) is 1.21. The summed E-state index contributed by atoms with van der Waals surface area (Å²) < 4.78 is 5.41. The predicted octanol–water partition coefficient (Wildman–Crippen LogP) is 1.06. The van der Waals surface area contributed by atoms with E-state index in [1.165, 1.54) is 6.07 Å². The van der Waals surface area contributed by atoms with Gasteiger partial charge in [-0.2, -0.15) is 0 Å². The number of carboxylic acid groups (broad SMARTS) is 1. The number of nitrogens with one attached hydrogen (secondary N) is 1. The topological polar surface area (TPSA) is 102 Å². The Morgan fingerprint density at radius 1 is 1.44 bits per heavy atom. The monoisotopic (exact) mass is 316 g/mol. The van der Waals surface area contributed by atoms with Crippen LogP contribution in [-0.4, -0.2) is 36.7 Å². The van der Waals surface area contributed by atoms with Crippen molar-refractivity contribution in [1.82, 2.24) is 0 Å². The molecule has 0 aliphatic carbocycles. The molecule has 6 nitrogen and oxygen atoms in total. The van der Waals surface area contributed by atoms with Gasteiger partial charge in [0.05, 0.1) is 12.2 Å². The third kappa shape index (κ3) is 4.44. The predicted molar refractivity (Wildman–Crippen MR) is 69.6 cm³/mol. The highest BCUT2D eigenvalue weighted by Crippen LogP contribution is 2.21. The number of rotatable bonds is 6. The molecule has 1 amide bonds. The van der Waals surface area contributed by atoms with Crippen molar-refractivity contribution in [3.63, 3.8) is 0 Å². The SMILES string of the molecule is NCCOCC(=O)Nc1ccc(Br)c(C(=O)O)c1. The summed E-state index contributed by atoms with van der Waals surface area (Å²) in [5, 5.41) is 11.5. The summed E-state index contributed by atoms with van der Waals surface area (Å²) in [6.07, 6.45) is 0. The zero-order valence-corrected chi connectivity index (χ0v) is 11.1. The zero-order chi connectivity index (χ0) is 13.5. The van der Waals surface area contributed by atoms with Gasteiger partial charge in [0.1, 0.15) is 6.61 Å². The fourth-order valence-corrected chi connectivity index (χ4v) is 1.63. The third-order valence-corrected chi connectivity index (χ3v) is 2.67. The average molecular weight is 317 g/mol. The maximum Gasteiger partial charge on any atom is 0.336 e. The van der Waals surface area contributed by atoms with Crippen molar-refractivity contribution in [3.05, 3.63) is 28.2 Å². The van der Waals surface area contributed by atoms with Crippen LogP contribution in [-0.2, 0) is 9.53 Å². The first kappa shape index (κ1) is 14.6. The first-order valence-corrected chi connectivity index (χ1v) is 5.94. The number of aromatic carboxylic acids is 1. The number of carbonyl (C=O) groups is 2. The van der Waals surface area contributed by atoms with E-state index in [0.29, 0.717) is 23.3 Å². The van der Waals surface area contributed by atoms with Gasteiger partial charge in [0.25, 0.3) is 0 Å². The lowest BCUT2D eigenvalue weighted by Crippen LogP contribution is -2.20. The minimum Gasteiger partial charge on any atom is -0.478 e. The van der Waals surface area contributed by atoms with E-state index in [9.17, 15) is 9.59 Å². The lowest BCUT2D eigenvalue weighted by Gasteiger charge is -2.07. The summed E-state index contributed by atoms with van der Waals surface area (Å²) in [5.41, 5.74) is 5.69. The highest BCUT2D eigenvalue weighted by atomic mass is 79.9. The highest BCUT2D eigenvalue weighted by Gasteiger charge is 2.10. The summed E-state index contributed by atoms with van der Waals surface area (Å²) in [4.78, 5) is 22.3. The first-order chi connectivity index (χ1) is 8.54. The van der Waals surface area contributed by atoms with Crippen LogP contribution in [0.1, 0.15) is 10.4 Å². The number of carbonyl (C=O) groups excluding carboxylic acids is 1. The van der Waals surface area contributed by atoms with Crippen LogP contribution in [0.4, 0.5) is 5.69 Å². The van der Waals surface area contributed by atoms with Crippen LogP contribution >= 0.6 is 15.9 Å². The molecule has 0 saturated heterocycles. The van der Waals surface area contributed by atoms with E-state index in [1.807, 2.05) is 0 Å². The molecule has 1 rings (SSSR count). The van der Waals surface area contributed by atoms with Gasteiger partial charge in [-0.05, 0) is 34.1 Å². The second kappa shape index (κ2) is 7.10. The molecule has 0 unspecified atom stereocenters. The second-order valence-electron chi connectivity index (χ2n) is 3.39. The maximum absolute atomic E-state index is 11.4. The van der Waals surface area contributed by atoms with E-state index >= 15 is 0 Å². The minimum absolute atomic E-state index is 0.0793. The van der Waals surface area contributed by atoms with E-state index in [1.54, 1.807) is 12.1 Å². The zero-order valence-electron chi connectivity index (χ0n) is 9.48. The van der Waals surface area contributed by atoms with Crippen LogP contribution in [0.5, 0.6) is 0 Å². The number of hydrogen-bond acceptors (Lipinski definition) is 4. The molecule has 0 heterocycles. The number of amides is 1. The van der Waals surface area contributed by atoms with Gasteiger partial charge in [0.15, 0.2) is 0 Å². The van der Waals surface area contributed by atoms with E-state index < -0.39 is 5.97 Å². The van der Waals surface area contributed by atoms with Gasteiger partial charge in [0.2, 0.25) is 5.91 Å². The Hall–Kier alpha value is -1.44. The normalized spacial score (nSPS) is 10.1. The molecule has 0 atom stereocenters. The molecule has 1 aromatic rings. The minimum atomic E-state index is -1.07. The van der Waals surface area contributed by atoms with Gasteiger partial charge in [-0.15, -0.1) is 0 Å². The lowest BCUT2D eigenvalue weighted by atomic mass is 10.2. The van der Waals surface area contributed by atoms with Gasteiger partial charge in [-0.1, -0.05) is 0 Å². The van der Waals surface area contributed by atoms with Crippen molar-refractivity contribution in [2.45, 2.75) is 0 Å². The molecule has 0 aliphatic rings. The summed E-state index contributed by atoms with van der Waals surface area (Å²) in [6.45, 7) is 0.526. The second-order valence-corrected chi connectivity index (χ2v) is 4.24. The smallest absolute Gasteiger partial charge is 0.336 e. The average Bonchev–Trinajstić information content (AvgIpc) is 2.31. The van der Waals surface area contributed by atoms with Crippen LogP contribution in [0, 0.1) is 0 Å². The Morgan fingerprint density at radius 2 is 2.17 bits per heavy atom. The Labute approximate surface area is 112 Å². The first-order valence-electron chi connectivity index (χ1n) is 5.15. The van der Waals surface area contributed by atoms with Crippen LogP contribution < -0.4 is 11.1 Å². The summed E-state index contributed by atoms with van der Waals surface area (Å²) >= 11 is 3.12. The Bertz CT molecular complexity index is 451. The molecule has 0 bridgehead atoms. The van der Waals surface area contributed by atoms with Crippen molar-refractivity contribution in [3.8, 4) is 0 Å². The number of hydrogen-bond donors (Lipinski definition) is 3. The van der Waals surface area contributed by atoms with Crippen LogP contribution in [0.2, 0.25) is 0 Å². The molecule has 1 aromatic carbocycles. The largest absolute Gasteiger partial charge is 0.478 e. The molecule has 7 heteroatoms. The molecule has 4 N–H and O–H groups in total. The number of benzene rings is 1. The Balaban J connectivity index is 2.65. The number of carboxylic acids is 1. The van der Waals surface area contributed by atoms with Crippen LogP contribution in [0.15, 0.2) is 22.7 Å². The number of halogens is 1. The number of anilines is 1. The van der Waals surface area contributed by atoms with Gasteiger partial charge in [0, 0.05) is 16.7 Å². The summed E-state index contributed by atoms with van der Waals surface area (Å²) in [6, 6.07) is 4.52. The van der Waals surface area contributed by atoms with Crippen LogP contribution in [0.25, 0.3) is 0 Å². The molecule has 0 radical (unpaired) electrons. The Kier molecular flexibility index (Phi) is 5.76. The van der Waals surface area contributed by atoms with Gasteiger partial charge in [-0.3, -0.25) is 4.79 Å². The van der Waals surface area contributed by atoms with E-state index in [0.717, 1.165) is 0 Å². The Morgan fingerprint density at radius 3 is 2.78 bits per heavy atom. The highest BCUT2D eigenvalue weighted by molar-refractivity contribution is 9.10.